The van der Waals surface area contributed by atoms with Crippen LogP contribution >= 0.6 is 0 Å². The van der Waals surface area contributed by atoms with Crippen molar-refractivity contribution in [3.63, 3.8) is 0 Å². The van der Waals surface area contributed by atoms with E-state index in [-0.39, 0.29) is 17.8 Å². The van der Waals surface area contributed by atoms with Crippen LogP contribution in [0.3, 0.4) is 0 Å². The number of carbonyl (C=O) groups excluding carboxylic acids is 1. The van der Waals surface area contributed by atoms with Gasteiger partial charge < -0.3 is 4.74 Å². The van der Waals surface area contributed by atoms with Crippen LogP contribution in [0.2, 0.25) is 0 Å². The van der Waals surface area contributed by atoms with Crippen molar-refractivity contribution in [1.82, 2.24) is 0 Å². The maximum Gasteiger partial charge on any atom is 0.314 e. The predicted molar refractivity (Wildman–Crippen MR) is 90.9 cm³/mol. The summed E-state index contributed by atoms with van der Waals surface area (Å²) in [7, 11) is 0. The number of aryl methyl sites for hydroxylation is 1. The van der Waals surface area contributed by atoms with E-state index in [1.54, 1.807) is 0 Å². The Morgan fingerprint density at radius 3 is 2.54 bits per heavy atom. The summed E-state index contributed by atoms with van der Waals surface area (Å²) < 4.78 is 18.4. The van der Waals surface area contributed by atoms with Gasteiger partial charge in [-0.05, 0) is 68.2 Å². The Labute approximate surface area is 143 Å². The zero-order valence-electron chi connectivity index (χ0n) is 14.1. The third-order valence-corrected chi connectivity index (χ3v) is 4.55. The van der Waals surface area contributed by atoms with Gasteiger partial charge in [0.15, 0.2) is 5.83 Å². The van der Waals surface area contributed by atoms with Crippen LogP contribution < -0.4 is 4.74 Å². The topological polar surface area (TPSA) is 50.1 Å². The minimum atomic E-state index is -0.732. The summed E-state index contributed by atoms with van der Waals surface area (Å²) in [6, 6.07) is 9.20. The molecular weight excluding hydrogens is 305 g/mol. The minimum absolute atomic E-state index is 0.0477. The second-order valence-corrected chi connectivity index (χ2v) is 6.41. The largest absolute Gasteiger partial charge is 0.426 e. The van der Waals surface area contributed by atoms with E-state index in [1.165, 1.54) is 17.7 Å². The molecule has 0 bridgehead atoms. The number of benzene rings is 1. The molecule has 1 saturated carbocycles. The van der Waals surface area contributed by atoms with Crippen molar-refractivity contribution in [3.05, 3.63) is 41.7 Å². The molecule has 128 valence electrons. The van der Waals surface area contributed by atoms with Gasteiger partial charge in [0.1, 0.15) is 11.8 Å². The molecule has 0 aromatic heterocycles. The first-order chi connectivity index (χ1) is 11.6. The second kappa shape index (κ2) is 9.22. The lowest BCUT2D eigenvalue weighted by Crippen LogP contribution is -2.25. The molecule has 1 aromatic rings. The number of hydrogen-bond donors (Lipinski definition) is 0. The molecule has 1 aliphatic carbocycles. The maximum absolute atomic E-state index is 13.0. The molecule has 0 amide bonds. The quantitative estimate of drug-likeness (QED) is 0.413. The number of unbranched alkanes of at least 4 members (excludes halogenated alkanes) is 1. The van der Waals surface area contributed by atoms with E-state index in [1.807, 2.05) is 24.3 Å². The van der Waals surface area contributed by atoms with Gasteiger partial charge >= 0.3 is 5.97 Å². The van der Waals surface area contributed by atoms with Crippen LogP contribution in [0.4, 0.5) is 4.39 Å². The number of nitrogens with zero attached hydrogens (tertiary/aromatic N) is 1. The number of hydrogen-bond acceptors (Lipinski definition) is 3. The molecule has 0 saturated heterocycles. The summed E-state index contributed by atoms with van der Waals surface area (Å²) in [5.74, 6) is -0.451. The van der Waals surface area contributed by atoms with Gasteiger partial charge in [0.25, 0.3) is 0 Å². The van der Waals surface area contributed by atoms with Crippen LogP contribution in [-0.4, -0.2) is 5.97 Å². The van der Waals surface area contributed by atoms with E-state index in [0.717, 1.165) is 19.3 Å². The Bertz CT molecular complexity index is 608. The van der Waals surface area contributed by atoms with Gasteiger partial charge in [-0.25, -0.2) is 0 Å². The van der Waals surface area contributed by atoms with Crippen molar-refractivity contribution >= 4 is 5.97 Å². The van der Waals surface area contributed by atoms with Crippen LogP contribution in [0.5, 0.6) is 5.75 Å². The highest BCUT2D eigenvalue weighted by Gasteiger charge is 2.27. The standard InChI is InChI=1S/C20H24FNO2/c1-2-3-4-15-7-11-19(12-8-15)24-20(23)17-9-5-16(6-10-17)13-18(21)14-22/h7-8,11-13,16-17H,2-6,9-10H2,1H3/b18-13+. The molecule has 1 aliphatic rings. The maximum atomic E-state index is 13.0. The third kappa shape index (κ3) is 5.49. The first kappa shape index (κ1) is 18.2. The molecule has 4 heteroatoms. The first-order valence-corrected chi connectivity index (χ1v) is 8.70. The Morgan fingerprint density at radius 1 is 1.29 bits per heavy atom. The van der Waals surface area contributed by atoms with Gasteiger partial charge in [-0.2, -0.15) is 9.65 Å². The van der Waals surface area contributed by atoms with E-state index in [0.29, 0.717) is 31.4 Å². The lowest BCUT2D eigenvalue weighted by Gasteiger charge is -2.25. The van der Waals surface area contributed by atoms with E-state index in [4.69, 9.17) is 10.00 Å². The number of carbonyl (C=O) groups is 1. The molecule has 1 fully saturated rings. The number of halogens is 1. The Kier molecular flexibility index (Phi) is 6.99. The Hall–Kier alpha value is -2.15. The summed E-state index contributed by atoms with van der Waals surface area (Å²) >= 11 is 0. The highest BCUT2D eigenvalue weighted by Crippen LogP contribution is 2.31. The van der Waals surface area contributed by atoms with E-state index >= 15 is 0 Å². The minimum Gasteiger partial charge on any atom is -0.426 e. The fraction of sp³-hybridized carbons (Fsp3) is 0.500. The molecule has 0 aliphatic heterocycles. The number of allylic oxidation sites excluding steroid dienone is 2. The molecule has 1 aromatic carbocycles. The lowest BCUT2D eigenvalue weighted by atomic mass is 9.82. The number of ether oxygens (including phenoxy) is 1. The number of esters is 1. The van der Waals surface area contributed by atoms with Crippen LogP contribution in [-0.2, 0) is 11.2 Å². The van der Waals surface area contributed by atoms with Gasteiger partial charge in [-0.3, -0.25) is 4.79 Å². The van der Waals surface area contributed by atoms with Gasteiger partial charge in [-0.15, -0.1) is 0 Å². The van der Waals surface area contributed by atoms with Crippen LogP contribution in [0.15, 0.2) is 36.2 Å². The summed E-state index contributed by atoms with van der Waals surface area (Å²) in [6.45, 7) is 2.16. The zero-order valence-corrected chi connectivity index (χ0v) is 14.1. The van der Waals surface area contributed by atoms with Crippen LogP contribution in [0.1, 0.15) is 51.0 Å². The Morgan fingerprint density at radius 2 is 1.96 bits per heavy atom. The van der Waals surface area contributed by atoms with Crippen molar-refractivity contribution in [1.29, 1.82) is 5.26 Å². The van der Waals surface area contributed by atoms with Crippen molar-refractivity contribution in [2.24, 2.45) is 11.8 Å². The van der Waals surface area contributed by atoms with Crippen LogP contribution in [0, 0.1) is 23.2 Å². The number of nitriles is 1. The third-order valence-electron chi connectivity index (χ3n) is 4.55. The second-order valence-electron chi connectivity index (χ2n) is 6.41. The molecule has 0 N–H and O–H groups in total. The SMILES string of the molecule is CCCCc1ccc(OC(=O)C2CCC(/C=C(/F)C#N)CC2)cc1. The van der Waals surface area contributed by atoms with Gasteiger partial charge in [-0.1, -0.05) is 25.5 Å². The molecule has 0 atom stereocenters. The fourth-order valence-corrected chi connectivity index (χ4v) is 3.07. The fourth-order valence-electron chi connectivity index (χ4n) is 3.07. The summed E-state index contributed by atoms with van der Waals surface area (Å²) in [5.41, 5.74) is 1.25. The van der Waals surface area contributed by atoms with Gasteiger partial charge in [0.2, 0.25) is 0 Å². The van der Waals surface area contributed by atoms with Gasteiger partial charge in [0.05, 0.1) is 5.92 Å². The van der Waals surface area contributed by atoms with Crippen LogP contribution in [0.25, 0.3) is 0 Å². The molecule has 0 spiro atoms. The van der Waals surface area contributed by atoms with Crippen molar-refractivity contribution in [3.8, 4) is 11.8 Å². The summed E-state index contributed by atoms with van der Waals surface area (Å²) in [5, 5.41) is 8.47. The molecule has 0 radical (unpaired) electrons. The molecule has 3 nitrogen and oxygen atoms in total. The Balaban J connectivity index is 1.82. The molecule has 0 heterocycles. The molecular formula is C20H24FNO2. The van der Waals surface area contributed by atoms with E-state index in [9.17, 15) is 9.18 Å². The average Bonchev–Trinajstić information content (AvgIpc) is 2.61. The summed E-state index contributed by atoms with van der Waals surface area (Å²) in [4.78, 5) is 12.2. The van der Waals surface area contributed by atoms with Crippen molar-refractivity contribution < 1.29 is 13.9 Å². The van der Waals surface area contributed by atoms with Crippen molar-refractivity contribution in [2.45, 2.75) is 51.9 Å². The van der Waals surface area contributed by atoms with E-state index in [2.05, 4.69) is 6.92 Å². The highest BCUT2D eigenvalue weighted by atomic mass is 19.1. The van der Waals surface area contributed by atoms with E-state index < -0.39 is 5.83 Å². The first-order valence-electron chi connectivity index (χ1n) is 8.70. The summed E-state index contributed by atoms with van der Waals surface area (Å²) in [6.07, 6.45) is 7.50. The zero-order chi connectivity index (χ0) is 17.4. The number of rotatable bonds is 6. The highest BCUT2D eigenvalue weighted by molar-refractivity contribution is 5.75. The average molecular weight is 329 g/mol. The molecule has 24 heavy (non-hydrogen) atoms. The molecule has 0 unspecified atom stereocenters. The smallest absolute Gasteiger partial charge is 0.314 e. The monoisotopic (exact) mass is 329 g/mol. The normalized spacial score (nSPS) is 21.1. The lowest BCUT2D eigenvalue weighted by molar-refractivity contribution is -0.140. The predicted octanol–water partition coefficient (Wildman–Crippen LogP) is 5.12. The molecule has 2 rings (SSSR count). The van der Waals surface area contributed by atoms with Crippen molar-refractivity contribution in [2.75, 3.05) is 0 Å². The van der Waals surface area contributed by atoms with Gasteiger partial charge in [0, 0.05) is 0 Å².